The lowest BCUT2D eigenvalue weighted by molar-refractivity contribution is -0.137. The van der Waals surface area contributed by atoms with Gasteiger partial charge in [-0.2, -0.15) is 5.01 Å². The number of imide groups is 1. The zero-order valence-electron chi connectivity index (χ0n) is 18.9. The van der Waals surface area contributed by atoms with Crippen LogP contribution in [-0.2, 0) is 15.1 Å². The van der Waals surface area contributed by atoms with E-state index in [1.807, 2.05) is 36.4 Å². The molecule has 6 rings (SSSR count). The van der Waals surface area contributed by atoms with Crippen LogP contribution in [-0.4, -0.2) is 43.4 Å². The molecule has 0 unspecified atom stereocenters. The number of hydrogen-bond donors (Lipinski definition) is 2. The molecule has 1 saturated heterocycles. The lowest BCUT2D eigenvalue weighted by atomic mass is 9.83. The van der Waals surface area contributed by atoms with Gasteiger partial charge in [-0.05, 0) is 36.8 Å². The van der Waals surface area contributed by atoms with E-state index in [0.717, 1.165) is 36.5 Å². The summed E-state index contributed by atoms with van der Waals surface area (Å²) in [6.07, 6.45) is 4.46. The molecule has 1 aromatic heterocycles. The van der Waals surface area contributed by atoms with Crippen molar-refractivity contribution in [1.29, 1.82) is 0 Å². The van der Waals surface area contributed by atoms with Gasteiger partial charge < -0.3 is 9.88 Å². The van der Waals surface area contributed by atoms with Crippen LogP contribution < -0.4 is 10.7 Å². The number of carbonyl (C=O) groups is 3. The zero-order chi connectivity index (χ0) is 24.0. The van der Waals surface area contributed by atoms with Crippen molar-refractivity contribution < 1.29 is 14.4 Å². The molecular weight excluding hydrogens is 464 g/mol. The first kappa shape index (κ1) is 21.8. The van der Waals surface area contributed by atoms with Crippen molar-refractivity contribution in [3.8, 4) is 0 Å². The Morgan fingerprint density at radius 2 is 1.60 bits per heavy atom. The molecule has 2 N–H and O–H groups in total. The minimum absolute atomic E-state index is 0.0102. The van der Waals surface area contributed by atoms with Crippen molar-refractivity contribution >= 4 is 29.6 Å². The number of hydrogen-bond acceptors (Lipinski definition) is 6. The van der Waals surface area contributed by atoms with Crippen LogP contribution in [0.25, 0.3) is 0 Å². The topological polar surface area (TPSA) is 109 Å². The normalized spacial score (nSPS) is 19.0. The average molecular weight is 489 g/mol. The van der Waals surface area contributed by atoms with Crippen molar-refractivity contribution in [3.63, 3.8) is 0 Å². The highest BCUT2D eigenvalue weighted by atomic mass is 32.2. The quantitative estimate of drug-likeness (QED) is 0.373. The smallest absolute Gasteiger partial charge is 0.314 e. The van der Waals surface area contributed by atoms with Gasteiger partial charge in [0.25, 0.3) is 5.91 Å². The first-order valence-corrected chi connectivity index (χ1v) is 12.7. The number of hydrazine groups is 1. The van der Waals surface area contributed by atoms with Crippen LogP contribution in [0.5, 0.6) is 0 Å². The average Bonchev–Trinajstić information content (AvgIpc) is 3.83. The van der Waals surface area contributed by atoms with Gasteiger partial charge in [0, 0.05) is 12.0 Å². The summed E-state index contributed by atoms with van der Waals surface area (Å²) in [5.41, 5.74) is 2.30. The minimum atomic E-state index is -1.43. The molecule has 2 aromatic carbocycles. The van der Waals surface area contributed by atoms with E-state index in [-0.39, 0.29) is 5.75 Å². The number of carbonyl (C=O) groups excluding carboxylic acids is 3. The largest absolute Gasteiger partial charge is 0.344 e. The number of aromatic nitrogens is 3. The molecule has 9 nitrogen and oxygen atoms in total. The molecule has 2 aliphatic carbocycles. The lowest BCUT2D eigenvalue weighted by Crippen LogP contribution is -2.49. The van der Waals surface area contributed by atoms with E-state index in [1.54, 1.807) is 24.3 Å². The van der Waals surface area contributed by atoms with Crippen molar-refractivity contribution in [2.45, 2.75) is 48.3 Å². The second kappa shape index (κ2) is 8.53. The molecule has 0 spiro atoms. The predicted molar refractivity (Wildman–Crippen MR) is 128 cm³/mol. The summed E-state index contributed by atoms with van der Waals surface area (Å²) in [7, 11) is 0. The molecule has 0 radical (unpaired) electrons. The number of benzene rings is 2. The van der Waals surface area contributed by atoms with Gasteiger partial charge in [-0.25, -0.2) is 4.79 Å². The fourth-order valence-electron chi connectivity index (χ4n) is 4.54. The van der Waals surface area contributed by atoms with E-state index in [9.17, 15) is 14.4 Å². The maximum Gasteiger partial charge on any atom is 0.344 e. The highest BCUT2D eigenvalue weighted by Crippen LogP contribution is 2.46. The summed E-state index contributed by atoms with van der Waals surface area (Å²) in [6, 6.07) is 17.8. The number of rotatable bonds is 8. The van der Waals surface area contributed by atoms with Gasteiger partial charge in [0.15, 0.2) is 10.7 Å². The Morgan fingerprint density at radius 3 is 2.17 bits per heavy atom. The molecule has 2 saturated carbocycles. The Bertz CT molecular complexity index is 1250. The molecule has 178 valence electrons. The van der Waals surface area contributed by atoms with Crippen molar-refractivity contribution in [2.75, 3.05) is 5.75 Å². The molecule has 1 aliphatic heterocycles. The molecule has 3 aromatic rings. The highest BCUT2D eigenvalue weighted by Gasteiger charge is 2.54. The number of urea groups is 1. The summed E-state index contributed by atoms with van der Waals surface area (Å²) < 4.78 is 2.17. The Labute approximate surface area is 206 Å². The second-order valence-corrected chi connectivity index (χ2v) is 10.0. The Kier molecular flexibility index (Phi) is 5.32. The summed E-state index contributed by atoms with van der Waals surface area (Å²) in [4.78, 5) is 39.5. The van der Waals surface area contributed by atoms with Gasteiger partial charge in [-0.1, -0.05) is 72.4 Å². The van der Waals surface area contributed by atoms with Gasteiger partial charge in [0.2, 0.25) is 5.91 Å². The Morgan fingerprint density at radius 1 is 0.971 bits per heavy atom. The Hall–Kier alpha value is -3.66. The number of amides is 4. The van der Waals surface area contributed by atoms with E-state index >= 15 is 0 Å². The molecule has 2 heterocycles. The first-order chi connectivity index (χ1) is 17.1. The minimum Gasteiger partial charge on any atom is -0.314 e. The molecule has 3 aliphatic rings. The van der Waals surface area contributed by atoms with E-state index < -0.39 is 23.4 Å². The highest BCUT2D eigenvalue weighted by molar-refractivity contribution is 7.99. The SMILES string of the molecule is O=C(CSc1nnc(C2CC2)n1C1CC1)NN1C(=O)NC(c2ccccc2)(c2ccccc2)C1=O. The van der Waals surface area contributed by atoms with Crippen LogP contribution >= 0.6 is 11.8 Å². The summed E-state index contributed by atoms with van der Waals surface area (Å²) in [6.45, 7) is 0. The third-order valence-electron chi connectivity index (χ3n) is 6.55. The third-order valence-corrected chi connectivity index (χ3v) is 7.49. The maximum atomic E-state index is 13.7. The number of nitrogens with one attached hydrogen (secondary N) is 2. The Balaban J connectivity index is 1.20. The molecule has 4 amide bonds. The predicted octanol–water partition coefficient (Wildman–Crippen LogP) is 3.11. The maximum absolute atomic E-state index is 13.7. The number of nitrogens with zero attached hydrogens (tertiary/aromatic N) is 4. The van der Waals surface area contributed by atoms with Crippen molar-refractivity contribution in [2.24, 2.45) is 0 Å². The zero-order valence-corrected chi connectivity index (χ0v) is 19.7. The second-order valence-electron chi connectivity index (χ2n) is 9.09. The molecular formula is C25H24N6O3S. The van der Waals surface area contributed by atoms with Gasteiger partial charge in [-0.3, -0.25) is 15.0 Å². The molecule has 0 atom stereocenters. The molecule has 3 fully saturated rings. The van der Waals surface area contributed by atoms with Crippen LogP contribution in [0, 0.1) is 0 Å². The molecule has 10 heteroatoms. The van der Waals surface area contributed by atoms with Crippen LogP contribution in [0.15, 0.2) is 65.8 Å². The summed E-state index contributed by atoms with van der Waals surface area (Å²) in [5, 5.41) is 13.0. The van der Waals surface area contributed by atoms with E-state index in [0.29, 0.717) is 28.2 Å². The third kappa shape index (κ3) is 3.87. The van der Waals surface area contributed by atoms with Gasteiger partial charge in [0.05, 0.1) is 5.75 Å². The van der Waals surface area contributed by atoms with Crippen LogP contribution in [0.3, 0.4) is 0 Å². The number of thioether (sulfide) groups is 1. The first-order valence-electron chi connectivity index (χ1n) is 11.7. The van der Waals surface area contributed by atoms with E-state index in [4.69, 9.17) is 0 Å². The van der Waals surface area contributed by atoms with Gasteiger partial charge >= 0.3 is 6.03 Å². The van der Waals surface area contributed by atoms with Crippen LogP contribution in [0.2, 0.25) is 0 Å². The lowest BCUT2D eigenvalue weighted by Gasteiger charge is -2.27. The standard InChI is InChI=1S/C25H24N6O3S/c32-20(15-35-24-28-27-21(16-11-12-16)30(24)19-13-14-19)29-31-22(33)25(26-23(31)34,17-7-3-1-4-8-17)18-9-5-2-6-10-18/h1-10,16,19H,11-15H2,(H,26,34)(H,29,32). The molecule has 0 bridgehead atoms. The van der Waals surface area contributed by atoms with Gasteiger partial charge in [0.1, 0.15) is 5.82 Å². The van der Waals surface area contributed by atoms with Gasteiger partial charge in [-0.15, -0.1) is 10.2 Å². The van der Waals surface area contributed by atoms with E-state index in [2.05, 4.69) is 25.5 Å². The van der Waals surface area contributed by atoms with E-state index in [1.165, 1.54) is 11.8 Å². The fourth-order valence-corrected chi connectivity index (χ4v) is 5.34. The van der Waals surface area contributed by atoms with Crippen molar-refractivity contribution in [3.05, 3.63) is 77.6 Å². The van der Waals surface area contributed by atoms with Crippen molar-refractivity contribution in [1.82, 2.24) is 30.5 Å². The molecule has 35 heavy (non-hydrogen) atoms. The summed E-state index contributed by atoms with van der Waals surface area (Å²) >= 11 is 1.28. The summed E-state index contributed by atoms with van der Waals surface area (Å²) in [5.74, 6) is 0.474. The van der Waals surface area contributed by atoms with Crippen LogP contribution in [0.4, 0.5) is 4.79 Å². The monoisotopic (exact) mass is 488 g/mol. The van der Waals surface area contributed by atoms with Crippen LogP contribution in [0.1, 0.15) is 54.6 Å². The fraction of sp³-hybridized carbons (Fsp3) is 0.320.